The zero-order valence-electron chi connectivity index (χ0n) is 7.09. The van der Waals surface area contributed by atoms with Crippen LogP contribution in [-0.2, 0) is 9.53 Å². The van der Waals surface area contributed by atoms with Crippen LogP contribution in [0.5, 0.6) is 0 Å². The first-order valence-electron chi connectivity index (χ1n) is 4.07. The summed E-state index contributed by atoms with van der Waals surface area (Å²) in [6, 6.07) is 0. The lowest BCUT2D eigenvalue weighted by Crippen LogP contribution is -2.34. The molecule has 1 rings (SSSR count). The minimum absolute atomic E-state index is 0.153. The van der Waals surface area contributed by atoms with Crippen molar-refractivity contribution in [3.05, 3.63) is 0 Å². The van der Waals surface area contributed by atoms with Crippen LogP contribution in [-0.4, -0.2) is 25.7 Å². The molecule has 0 bridgehead atoms. The van der Waals surface area contributed by atoms with Gasteiger partial charge in [0.25, 0.3) is 0 Å². The van der Waals surface area contributed by atoms with Gasteiger partial charge in [-0.2, -0.15) is 0 Å². The Kier molecular flexibility index (Phi) is 2.88. The fourth-order valence-electron chi connectivity index (χ4n) is 1.44. The van der Waals surface area contributed by atoms with Gasteiger partial charge in [-0.15, -0.1) is 0 Å². The zero-order valence-corrected chi connectivity index (χ0v) is 7.09. The number of amides is 1. The Labute approximate surface area is 67.1 Å². The van der Waals surface area contributed by atoms with Crippen LogP contribution in [0.2, 0.25) is 0 Å². The van der Waals surface area contributed by atoms with Crippen LogP contribution in [0.1, 0.15) is 19.8 Å². The highest BCUT2D eigenvalue weighted by molar-refractivity contribution is 5.78. The summed E-state index contributed by atoms with van der Waals surface area (Å²) in [7, 11) is 1.68. The first-order chi connectivity index (χ1) is 5.24. The summed E-state index contributed by atoms with van der Waals surface area (Å²) >= 11 is 0. The summed E-state index contributed by atoms with van der Waals surface area (Å²) in [5.74, 6) is 0.323. The number of hydrogen-bond donors (Lipinski definition) is 1. The lowest BCUT2D eigenvalue weighted by atomic mass is 9.95. The molecular weight excluding hydrogens is 142 g/mol. The first kappa shape index (κ1) is 8.53. The highest BCUT2D eigenvalue weighted by Crippen LogP contribution is 2.19. The Balaban J connectivity index is 2.39. The topological polar surface area (TPSA) is 38.3 Å². The highest BCUT2D eigenvalue weighted by Gasteiger charge is 2.24. The van der Waals surface area contributed by atoms with E-state index >= 15 is 0 Å². The van der Waals surface area contributed by atoms with Crippen molar-refractivity contribution in [3.8, 4) is 0 Å². The summed E-state index contributed by atoms with van der Waals surface area (Å²) < 4.78 is 5.32. The second-order valence-electron chi connectivity index (χ2n) is 3.02. The van der Waals surface area contributed by atoms with Crippen LogP contribution >= 0.6 is 0 Å². The van der Waals surface area contributed by atoms with Gasteiger partial charge in [0.2, 0.25) is 5.91 Å². The Morgan fingerprint density at radius 3 is 2.91 bits per heavy atom. The maximum absolute atomic E-state index is 11.1. The van der Waals surface area contributed by atoms with E-state index < -0.39 is 0 Å². The summed E-state index contributed by atoms with van der Waals surface area (Å²) in [6.07, 6.45) is 1.97. The average molecular weight is 157 g/mol. The van der Waals surface area contributed by atoms with Crippen molar-refractivity contribution in [2.75, 3.05) is 13.7 Å². The van der Waals surface area contributed by atoms with Gasteiger partial charge >= 0.3 is 0 Å². The first-order valence-corrected chi connectivity index (χ1v) is 4.07. The van der Waals surface area contributed by atoms with Gasteiger partial charge in [0.1, 0.15) is 0 Å². The zero-order chi connectivity index (χ0) is 8.27. The van der Waals surface area contributed by atoms with Gasteiger partial charge in [-0.3, -0.25) is 4.79 Å². The minimum Gasteiger partial charge on any atom is -0.378 e. The molecular formula is C8H15NO2. The third kappa shape index (κ3) is 2.19. The molecule has 1 heterocycles. The van der Waals surface area contributed by atoms with Gasteiger partial charge in [0.15, 0.2) is 0 Å². The molecule has 3 heteroatoms. The maximum atomic E-state index is 11.1. The van der Waals surface area contributed by atoms with E-state index in [0.717, 1.165) is 19.4 Å². The molecule has 11 heavy (non-hydrogen) atoms. The average Bonchev–Trinajstić information content (AvgIpc) is 2.03. The SMILES string of the molecule is CNC(=O)C1CCOC(C)C1. The van der Waals surface area contributed by atoms with E-state index in [9.17, 15) is 4.79 Å². The fraction of sp³-hybridized carbons (Fsp3) is 0.875. The van der Waals surface area contributed by atoms with Crippen molar-refractivity contribution in [2.45, 2.75) is 25.9 Å². The van der Waals surface area contributed by atoms with Crippen molar-refractivity contribution in [1.82, 2.24) is 5.32 Å². The summed E-state index contributed by atoms with van der Waals surface area (Å²) in [5, 5.41) is 2.66. The number of hydrogen-bond acceptors (Lipinski definition) is 2. The molecule has 1 amide bonds. The molecule has 2 atom stereocenters. The number of nitrogens with one attached hydrogen (secondary N) is 1. The molecule has 0 aromatic carbocycles. The fourth-order valence-corrected chi connectivity index (χ4v) is 1.44. The molecule has 0 radical (unpaired) electrons. The van der Waals surface area contributed by atoms with E-state index in [2.05, 4.69) is 5.32 Å². The van der Waals surface area contributed by atoms with Crippen LogP contribution in [0.3, 0.4) is 0 Å². The normalized spacial score (nSPS) is 31.5. The smallest absolute Gasteiger partial charge is 0.223 e. The number of ether oxygens (including phenoxy) is 1. The third-order valence-corrected chi connectivity index (χ3v) is 2.10. The highest BCUT2D eigenvalue weighted by atomic mass is 16.5. The van der Waals surface area contributed by atoms with E-state index in [-0.39, 0.29) is 17.9 Å². The quantitative estimate of drug-likeness (QED) is 0.603. The van der Waals surface area contributed by atoms with E-state index in [1.54, 1.807) is 7.05 Å². The van der Waals surface area contributed by atoms with Crippen LogP contribution in [0.15, 0.2) is 0 Å². The predicted octanol–water partition coefficient (Wildman–Crippen LogP) is 0.547. The molecule has 0 aromatic heterocycles. The summed E-state index contributed by atoms with van der Waals surface area (Å²) in [6.45, 7) is 2.73. The van der Waals surface area contributed by atoms with Crippen molar-refractivity contribution >= 4 is 5.91 Å². The van der Waals surface area contributed by atoms with Crippen LogP contribution < -0.4 is 5.32 Å². The Bertz CT molecular complexity index is 147. The predicted molar refractivity (Wildman–Crippen MR) is 42.2 cm³/mol. The molecule has 0 spiro atoms. The Morgan fingerprint density at radius 1 is 1.64 bits per heavy atom. The summed E-state index contributed by atoms with van der Waals surface area (Å²) in [5.41, 5.74) is 0. The maximum Gasteiger partial charge on any atom is 0.223 e. The van der Waals surface area contributed by atoms with Gasteiger partial charge in [0.05, 0.1) is 6.10 Å². The Hall–Kier alpha value is -0.570. The molecule has 0 saturated carbocycles. The van der Waals surface area contributed by atoms with Crippen LogP contribution in [0.4, 0.5) is 0 Å². The van der Waals surface area contributed by atoms with Crippen LogP contribution in [0.25, 0.3) is 0 Å². The second-order valence-corrected chi connectivity index (χ2v) is 3.02. The Morgan fingerprint density at radius 2 is 2.36 bits per heavy atom. The molecule has 2 unspecified atom stereocenters. The van der Waals surface area contributed by atoms with Gasteiger partial charge < -0.3 is 10.1 Å². The standard InChI is InChI=1S/C8H15NO2/c1-6-5-7(3-4-11-6)8(10)9-2/h6-7H,3-5H2,1-2H3,(H,9,10). The molecule has 1 saturated heterocycles. The lowest BCUT2D eigenvalue weighted by molar-refractivity contribution is -0.129. The van der Waals surface area contributed by atoms with Crippen LogP contribution in [0, 0.1) is 5.92 Å². The van der Waals surface area contributed by atoms with Crippen molar-refractivity contribution in [3.63, 3.8) is 0 Å². The van der Waals surface area contributed by atoms with Crippen molar-refractivity contribution in [2.24, 2.45) is 5.92 Å². The molecule has 0 aromatic rings. The van der Waals surface area contributed by atoms with Crippen molar-refractivity contribution < 1.29 is 9.53 Å². The van der Waals surface area contributed by atoms with Gasteiger partial charge in [-0.05, 0) is 19.8 Å². The second kappa shape index (κ2) is 3.72. The van der Waals surface area contributed by atoms with Gasteiger partial charge in [-0.1, -0.05) is 0 Å². The van der Waals surface area contributed by atoms with Gasteiger partial charge in [-0.25, -0.2) is 0 Å². The lowest BCUT2D eigenvalue weighted by Gasteiger charge is -2.25. The van der Waals surface area contributed by atoms with E-state index in [1.165, 1.54) is 0 Å². The molecule has 1 N–H and O–H groups in total. The van der Waals surface area contributed by atoms with Crippen molar-refractivity contribution in [1.29, 1.82) is 0 Å². The monoisotopic (exact) mass is 157 g/mol. The number of carbonyl (C=O) groups excluding carboxylic acids is 1. The molecule has 1 aliphatic rings. The van der Waals surface area contributed by atoms with E-state index in [1.807, 2.05) is 6.92 Å². The molecule has 1 fully saturated rings. The minimum atomic E-state index is 0.153. The molecule has 64 valence electrons. The largest absolute Gasteiger partial charge is 0.378 e. The number of rotatable bonds is 1. The molecule has 3 nitrogen and oxygen atoms in total. The molecule has 0 aliphatic carbocycles. The van der Waals surface area contributed by atoms with E-state index in [4.69, 9.17) is 4.74 Å². The van der Waals surface area contributed by atoms with E-state index in [0.29, 0.717) is 0 Å². The van der Waals surface area contributed by atoms with Gasteiger partial charge in [0, 0.05) is 19.6 Å². The molecule has 1 aliphatic heterocycles. The third-order valence-electron chi connectivity index (χ3n) is 2.10. The summed E-state index contributed by atoms with van der Waals surface area (Å²) in [4.78, 5) is 11.1. The number of carbonyl (C=O) groups is 1.